The van der Waals surface area contributed by atoms with E-state index in [1.165, 1.54) is 0 Å². The zero-order chi connectivity index (χ0) is 12.2. The van der Waals surface area contributed by atoms with E-state index in [-0.39, 0.29) is 0 Å². The number of aromatic nitrogens is 4. The van der Waals surface area contributed by atoms with Crippen LogP contribution >= 0.6 is 0 Å². The van der Waals surface area contributed by atoms with Gasteiger partial charge in [-0.2, -0.15) is 0 Å². The van der Waals surface area contributed by atoms with Crippen molar-refractivity contribution in [2.45, 2.75) is 0 Å². The summed E-state index contributed by atoms with van der Waals surface area (Å²) in [4.78, 5) is 11.2. The molecule has 88 valence electrons. The molecule has 0 fully saturated rings. The second-order valence-electron chi connectivity index (χ2n) is 3.81. The molecule has 0 aliphatic rings. The number of nitrogens with one attached hydrogen (secondary N) is 1. The molecule has 18 heavy (non-hydrogen) atoms. The Balaban J connectivity index is 0.000000111. The lowest BCUT2D eigenvalue weighted by atomic mass is 10.3. The maximum atomic E-state index is 4.08. The van der Waals surface area contributed by atoms with Crippen LogP contribution in [-0.2, 0) is 0 Å². The van der Waals surface area contributed by atoms with Crippen molar-refractivity contribution in [1.82, 2.24) is 19.4 Å². The SMILES string of the molecule is c1ccc2[nH]cnc2c1.c1ccn2ccnc2c1. The molecule has 4 heteroatoms. The first-order chi connectivity index (χ1) is 8.93. The third kappa shape index (κ3) is 2.08. The average molecular weight is 236 g/mol. The standard InChI is InChI=1S/2C7H6N2/c1-2-5-9-6-4-8-7(9)3-1;1-2-4-7-6(3-1)8-5-9-7/h1-6H;1-5H,(H,8,9). The van der Waals surface area contributed by atoms with Gasteiger partial charge in [-0.3, -0.25) is 0 Å². The fourth-order valence-corrected chi connectivity index (χ4v) is 1.74. The van der Waals surface area contributed by atoms with E-state index < -0.39 is 0 Å². The first-order valence-corrected chi connectivity index (χ1v) is 5.69. The normalized spacial score (nSPS) is 10.2. The van der Waals surface area contributed by atoms with Gasteiger partial charge in [-0.15, -0.1) is 0 Å². The van der Waals surface area contributed by atoms with Gasteiger partial charge in [0.05, 0.1) is 17.4 Å². The van der Waals surface area contributed by atoms with Gasteiger partial charge in [0, 0.05) is 18.6 Å². The summed E-state index contributed by atoms with van der Waals surface area (Å²) in [7, 11) is 0. The molecule has 3 aromatic heterocycles. The van der Waals surface area contributed by atoms with Crippen molar-refractivity contribution in [3.05, 3.63) is 67.4 Å². The molecular formula is C14H12N4. The van der Waals surface area contributed by atoms with Crippen LogP contribution in [0.3, 0.4) is 0 Å². The van der Waals surface area contributed by atoms with Gasteiger partial charge in [0.15, 0.2) is 0 Å². The summed E-state index contributed by atoms with van der Waals surface area (Å²) in [5.41, 5.74) is 3.12. The maximum Gasteiger partial charge on any atom is 0.136 e. The molecule has 1 N–H and O–H groups in total. The Morgan fingerprint density at radius 2 is 1.78 bits per heavy atom. The van der Waals surface area contributed by atoms with E-state index in [0.717, 1.165) is 16.7 Å². The summed E-state index contributed by atoms with van der Waals surface area (Å²) in [6, 6.07) is 13.9. The number of aromatic amines is 1. The topological polar surface area (TPSA) is 46.0 Å². The Kier molecular flexibility index (Phi) is 2.75. The molecule has 0 unspecified atom stereocenters. The predicted octanol–water partition coefficient (Wildman–Crippen LogP) is 2.90. The molecule has 0 bridgehead atoms. The highest BCUT2D eigenvalue weighted by atomic mass is 15.0. The Labute approximate surface area is 104 Å². The Hall–Kier alpha value is -2.62. The van der Waals surface area contributed by atoms with Crippen molar-refractivity contribution in [3.8, 4) is 0 Å². The molecule has 0 radical (unpaired) electrons. The zero-order valence-corrected chi connectivity index (χ0v) is 9.69. The van der Waals surface area contributed by atoms with Gasteiger partial charge in [-0.1, -0.05) is 18.2 Å². The van der Waals surface area contributed by atoms with Crippen LogP contribution < -0.4 is 0 Å². The van der Waals surface area contributed by atoms with Crippen LogP contribution in [0.4, 0.5) is 0 Å². The van der Waals surface area contributed by atoms with Gasteiger partial charge in [-0.25, -0.2) is 9.97 Å². The van der Waals surface area contributed by atoms with Crippen molar-refractivity contribution in [2.24, 2.45) is 0 Å². The number of H-pyrrole nitrogens is 1. The number of nitrogens with zero attached hydrogens (tertiary/aromatic N) is 3. The molecule has 0 aliphatic carbocycles. The second-order valence-corrected chi connectivity index (χ2v) is 3.81. The lowest BCUT2D eigenvalue weighted by molar-refractivity contribution is 1.19. The van der Waals surface area contributed by atoms with Crippen molar-refractivity contribution in [2.75, 3.05) is 0 Å². The van der Waals surface area contributed by atoms with E-state index in [0.29, 0.717) is 0 Å². The van der Waals surface area contributed by atoms with Crippen LogP contribution in [0.1, 0.15) is 0 Å². The van der Waals surface area contributed by atoms with E-state index in [9.17, 15) is 0 Å². The molecular weight excluding hydrogens is 224 g/mol. The number of fused-ring (bicyclic) bond motifs is 2. The number of rotatable bonds is 0. The first kappa shape index (κ1) is 10.5. The predicted molar refractivity (Wildman–Crippen MR) is 71.3 cm³/mol. The van der Waals surface area contributed by atoms with Crippen LogP contribution in [0.15, 0.2) is 67.4 Å². The molecule has 1 aromatic carbocycles. The molecule has 0 saturated heterocycles. The van der Waals surface area contributed by atoms with Gasteiger partial charge < -0.3 is 9.38 Å². The summed E-state index contributed by atoms with van der Waals surface area (Å²) in [5.74, 6) is 0. The van der Waals surface area contributed by atoms with Gasteiger partial charge in [-0.05, 0) is 24.3 Å². The number of benzene rings is 1. The summed E-state index contributed by atoms with van der Waals surface area (Å²) < 4.78 is 1.97. The molecule has 0 spiro atoms. The van der Waals surface area contributed by atoms with E-state index >= 15 is 0 Å². The van der Waals surface area contributed by atoms with Gasteiger partial charge in [0.1, 0.15) is 5.65 Å². The number of hydrogen-bond acceptors (Lipinski definition) is 2. The van der Waals surface area contributed by atoms with E-state index in [1.54, 1.807) is 12.5 Å². The number of pyridine rings is 1. The van der Waals surface area contributed by atoms with Crippen LogP contribution in [-0.4, -0.2) is 19.4 Å². The summed E-state index contributed by atoms with van der Waals surface area (Å²) in [6.07, 6.45) is 7.39. The number of hydrogen-bond donors (Lipinski definition) is 1. The minimum Gasteiger partial charge on any atom is -0.345 e. The molecule has 0 aliphatic heterocycles. The quantitative estimate of drug-likeness (QED) is 0.510. The van der Waals surface area contributed by atoms with Crippen LogP contribution in [0.5, 0.6) is 0 Å². The minimum absolute atomic E-state index is 0.998. The van der Waals surface area contributed by atoms with Gasteiger partial charge >= 0.3 is 0 Å². The maximum absolute atomic E-state index is 4.08. The number of imidazole rings is 2. The highest BCUT2D eigenvalue weighted by Crippen LogP contribution is 2.05. The van der Waals surface area contributed by atoms with Crippen LogP contribution in [0, 0.1) is 0 Å². The molecule has 0 amide bonds. The first-order valence-electron chi connectivity index (χ1n) is 5.69. The Morgan fingerprint density at radius 1 is 0.889 bits per heavy atom. The van der Waals surface area contributed by atoms with Crippen molar-refractivity contribution in [3.63, 3.8) is 0 Å². The molecule has 4 nitrogen and oxygen atoms in total. The van der Waals surface area contributed by atoms with Crippen LogP contribution in [0.25, 0.3) is 16.7 Å². The molecule has 0 saturated carbocycles. The summed E-state index contributed by atoms with van der Waals surface area (Å²) in [6.45, 7) is 0. The molecule has 3 heterocycles. The summed E-state index contributed by atoms with van der Waals surface area (Å²) in [5, 5.41) is 0. The monoisotopic (exact) mass is 236 g/mol. The molecule has 4 aromatic rings. The van der Waals surface area contributed by atoms with E-state index in [2.05, 4.69) is 15.0 Å². The highest BCUT2D eigenvalue weighted by molar-refractivity contribution is 5.73. The molecule has 4 rings (SSSR count). The van der Waals surface area contributed by atoms with Crippen molar-refractivity contribution in [1.29, 1.82) is 0 Å². The van der Waals surface area contributed by atoms with E-state index in [1.807, 2.05) is 59.3 Å². The fourth-order valence-electron chi connectivity index (χ4n) is 1.74. The summed E-state index contributed by atoms with van der Waals surface area (Å²) >= 11 is 0. The fraction of sp³-hybridized carbons (Fsp3) is 0. The Morgan fingerprint density at radius 3 is 2.67 bits per heavy atom. The highest BCUT2D eigenvalue weighted by Gasteiger charge is 1.88. The van der Waals surface area contributed by atoms with Crippen LogP contribution in [0.2, 0.25) is 0 Å². The average Bonchev–Trinajstić information content (AvgIpc) is 3.08. The zero-order valence-electron chi connectivity index (χ0n) is 9.69. The van der Waals surface area contributed by atoms with Gasteiger partial charge in [0.25, 0.3) is 0 Å². The molecule has 0 atom stereocenters. The third-order valence-electron chi connectivity index (χ3n) is 2.63. The second kappa shape index (κ2) is 4.71. The van der Waals surface area contributed by atoms with Gasteiger partial charge in [0.2, 0.25) is 0 Å². The van der Waals surface area contributed by atoms with Crippen molar-refractivity contribution < 1.29 is 0 Å². The third-order valence-corrected chi connectivity index (χ3v) is 2.63. The van der Waals surface area contributed by atoms with Crippen molar-refractivity contribution >= 4 is 16.7 Å². The lowest BCUT2D eigenvalue weighted by Crippen LogP contribution is -1.77. The Bertz CT molecular complexity index is 628. The largest absolute Gasteiger partial charge is 0.345 e. The number of para-hydroxylation sites is 2. The smallest absolute Gasteiger partial charge is 0.136 e. The lowest BCUT2D eigenvalue weighted by Gasteiger charge is -1.86. The van der Waals surface area contributed by atoms with E-state index in [4.69, 9.17) is 0 Å². The minimum atomic E-state index is 0.998.